The fraction of sp³-hybridized carbons (Fsp3) is 0.844. The Kier molecular flexibility index (Phi) is 11.7. The van der Waals surface area contributed by atoms with Crippen molar-refractivity contribution in [1.29, 1.82) is 0 Å². The molecule has 3 unspecified atom stereocenters. The monoisotopic (exact) mass is 856 g/mol. The molecule has 4 bridgehead atoms. The van der Waals surface area contributed by atoms with Gasteiger partial charge in [0.25, 0.3) is 5.91 Å². The number of piperidine rings is 1. The Balaban J connectivity index is 1.24. The maximum atomic E-state index is 15.3. The molecule has 4 N–H and O–H groups in total. The van der Waals surface area contributed by atoms with E-state index in [2.05, 4.69) is 52.9 Å². The standard InChI is InChI=1S/C45H73N7O7S/c1-11-30-24-45(30,40(57)49-60(58,59)52(12-2)28(5)6)48-37(54)33-25-44-26-51(33)39(56)35(41(7,8)9)47-38(55)34(46-36(53)32-19-13-14-22-50(32)27(3)4)29-17-15-18-31(23-29)42(44,10)43(44)20-16-21-43/h11,27-35H,1,12-26H2,2-10H3,(H,46,53)(H,47,55)(H,48,54)(H,49,57)/t29?,30-,31?,32+,33+,34+,35-,42?,44-,45-/m1/s1. The second-order valence-corrected chi connectivity index (χ2v) is 23.0. The smallest absolute Gasteiger partial charge is 0.304 e. The third-order valence-electron chi connectivity index (χ3n) is 17.0. The van der Waals surface area contributed by atoms with Gasteiger partial charge >= 0.3 is 10.2 Å². The van der Waals surface area contributed by atoms with Gasteiger partial charge in [-0.2, -0.15) is 12.7 Å². The van der Waals surface area contributed by atoms with E-state index in [1.54, 1.807) is 31.7 Å². The van der Waals surface area contributed by atoms with E-state index in [-0.39, 0.29) is 70.9 Å². The van der Waals surface area contributed by atoms with Crippen molar-refractivity contribution in [2.24, 2.45) is 39.4 Å². The second-order valence-electron chi connectivity index (χ2n) is 21.4. The van der Waals surface area contributed by atoms with Gasteiger partial charge in [0, 0.05) is 36.5 Å². The Labute approximate surface area is 358 Å². The molecule has 0 aromatic rings. The van der Waals surface area contributed by atoms with E-state index in [4.69, 9.17) is 0 Å². The lowest BCUT2D eigenvalue weighted by atomic mass is 9.65. The summed E-state index contributed by atoms with van der Waals surface area (Å²) in [4.78, 5) is 77.3. The largest absolute Gasteiger partial charge is 0.343 e. The Hall–Kier alpha value is -3.04. The lowest BCUT2D eigenvalue weighted by molar-refractivity contribution is -0.145. The average molecular weight is 856 g/mol. The molecule has 3 aliphatic heterocycles. The zero-order chi connectivity index (χ0) is 44.0. The molecule has 14 nitrogen and oxygen atoms in total. The Morgan fingerprint density at radius 1 is 0.967 bits per heavy atom. The molecule has 2 spiro atoms. The zero-order valence-electron chi connectivity index (χ0n) is 37.7. The van der Waals surface area contributed by atoms with E-state index in [0.29, 0.717) is 13.0 Å². The maximum Gasteiger partial charge on any atom is 0.304 e. The molecule has 3 saturated heterocycles. The molecule has 336 valence electrons. The van der Waals surface area contributed by atoms with E-state index >= 15 is 4.79 Å². The molecule has 10 atom stereocenters. The molecule has 0 aromatic carbocycles. The maximum absolute atomic E-state index is 15.3. The number of rotatable bonds is 11. The molecule has 5 amide bonds. The molecule has 3 heterocycles. The number of hydrogen-bond donors (Lipinski definition) is 4. The third-order valence-corrected chi connectivity index (χ3v) is 18.7. The normalized spacial score (nSPS) is 37.7. The molecule has 7 aliphatic rings. The van der Waals surface area contributed by atoms with Crippen LogP contribution in [-0.2, 0) is 34.2 Å². The van der Waals surface area contributed by atoms with Gasteiger partial charge in [-0.15, -0.1) is 6.58 Å². The van der Waals surface area contributed by atoms with Crippen molar-refractivity contribution < 1.29 is 32.4 Å². The van der Waals surface area contributed by atoms with Gasteiger partial charge in [-0.05, 0) is 120 Å². The highest BCUT2D eigenvalue weighted by Gasteiger charge is 2.88. The molecule has 0 radical (unpaired) electrons. The lowest BCUT2D eigenvalue weighted by Crippen LogP contribution is -2.63. The first kappa shape index (κ1) is 45.0. The summed E-state index contributed by atoms with van der Waals surface area (Å²) < 4.78 is 30.2. The van der Waals surface area contributed by atoms with Gasteiger partial charge in [-0.25, -0.2) is 4.72 Å². The van der Waals surface area contributed by atoms with E-state index in [1.807, 2.05) is 20.8 Å². The Morgan fingerprint density at radius 2 is 1.67 bits per heavy atom. The van der Waals surface area contributed by atoms with Crippen molar-refractivity contribution in [2.45, 2.75) is 181 Å². The summed E-state index contributed by atoms with van der Waals surface area (Å²) >= 11 is 0. The van der Waals surface area contributed by atoms with Gasteiger partial charge < -0.3 is 20.9 Å². The lowest BCUT2D eigenvalue weighted by Gasteiger charge is -2.43. The van der Waals surface area contributed by atoms with E-state index in [0.717, 1.165) is 70.8 Å². The third kappa shape index (κ3) is 6.93. The second kappa shape index (κ2) is 15.6. The fourth-order valence-corrected chi connectivity index (χ4v) is 14.9. The van der Waals surface area contributed by atoms with Crippen LogP contribution in [0.4, 0.5) is 0 Å². The minimum atomic E-state index is -4.22. The van der Waals surface area contributed by atoms with E-state index in [1.165, 1.54) is 4.31 Å². The first-order valence-corrected chi connectivity index (χ1v) is 24.5. The number of likely N-dealkylation sites (tertiary alicyclic amines) is 1. The van der Waals surface area contributed by atoms with Crippen LogP contribution in [0.15, 0.2) is 12.7 Å². The van der Waals surface area contributed by atoms with Gasteiger partial charge in [0.15, 0.2) is 0 Å². The molecule has 7 rings (SSSR count). The quantitative estimate of drug-likeness (QED) is 0.226. The first-order valence-electron chi connectivity index (χ1n) is 23.0. The van der Waals surface area contributed by atoms with Crippen LogP contribution in [0.1, 0.15) is 139 Å². The van der Waals surface area contributed by atoms with Crippen LogP contribution in [-0.4, -0.2) is 113 Å². The minimum absolute atomic E-state index is 0.0751. The summed E-state index contributed by atoms with van der Waals surface area (Å²) in [5.74, 6) is -2.57. The van der Waals surface area contributed by atoms with Gasteiger partial charge in [0.05, 0.1) is 6.04 Å². The predicted molar refractivity (Wildman–Crippen MR) is 229 cm³/mol. The van der Waals surface area contributed by atoms with Gasteiger partial charge in [0.2, 0.25) is 23.6 Å². The number of nitrogens with one attached hydrogen (secondary N) is 4. The highest BCUT2D eigenvalue weighted by atomic mass is 32.2. The van der Waals surface area contributed by atoms with Crippen molar-refractivity contribution in [3.05, 3.63) is 12.7 Å². The molecule has 60 heavy (non-hydrogen) atoms. The highest BCUT2D eigenvalue weighted by Crippen LogP contribution is 2.91. The fourth-order valence-electron chi connectivity index (χ4n) is 13.5. The van der Waals surface area contributed by atoms with Crippen LogP contribution in [0.2, 0.25) is 0 Å². The summed E-state index contributed by atoms with van der Waals surface area (Å²) in [6, 6.07) is -3.31. The molecule has 7 fully saturated rings. The van der Waals surface area contributed by atoms with Crippen molar-refractivity contribution in [3.8, 4) is 0 Å². The highest BCUT2D eigenvalue weighted by molar-refractivity contribution is 7.87. The van der Waals surface area contributed by atoms with Crippen LogP contribution in [0.25, 0.3) is 0 Å². The minimum Gasteiger partial charge on any atom is -0.343 e. The predicted octanol–water partition coefficient (Wildman–Crippen LogP) is 4.01. The number of fused-ring (bicyclic) bond motifs is 5. The summed E-state index contributed by atoms with van der Waals surface area (Å²) in [7, 11) is -4.22. The number of nitrogens with zero attached hydrogens (tertiary/aromatic N) is 3. The van der Waals surface area contributed by atoms with E-state index in [9.17, 15) is 27.6 Å². The number of carbonyl (C=O) groups is 5. The molecule has 4 aliphatic carbocycles. The van der Waals surface area contributed by atoms with Crippen molar-refractivity contribution in [3.63, 3.8) is 0 Å². The zero-order valence-corrected chi connectivity index (χ0v) is 38.5. The van der Waals surface area contributed by atoms with Crippen molar-refractivity contribution in [2.75, 3.05) is 19.6 Å². The molecule has 4 saturated carbocycles. The summed E-state index contributed by atoms with van der Waals surface area (Å²) in [6.07, 6.45) is 11.4. The van der Waals surface area contributed by atoms with Crippen LogP contribution in [0, 0.1) is 39.4 Å². The average Bonchev–Trinajstić information content (AvgIpc) is 3.92. The topological polar surface area (TPSA) is 177 Å². The van der Waals surface area contributed by atoms with E-state index < -0.39 is 63.1 Å². The number of hydrogen-bond acceptors (Lipinski definition) is 8. The summed E-state index contributed by atoms with van der Waals surface area (Å²) in [5.41, 5.74) is -2.95. The van der Waals surface area contributed by atoms with Gasteiger partial charge in [0.1, 0.15) is 23.7 Å². The summed E-state index contributed by atoms with van der Waals surface area (Å²) in [5, 5.41) is 9.44. The van der Waals surface area contributed by atoms with Crippen LogP contribution in [0.3, 0.4) is 0 Å². The van der Waals surface area contributed by atoms with Crippen LogP contribution in [0.5, 0.6) is 0 Å². The van der Waals surface area contributed by atoms with Crippen molar-refractivity contribution >= 4 is 39.7 Å². The van der Waals surface area contributed by atoms with Crippen LogP contribution >= 0.6 is 0 Å². The molecular weight excluding hydrogens is 783 g/mol. The number of amides is 5. The SMILES string of the molecule is C=C[C@@H]1C[C@]1(NC(=O)[C@@H]1C[C@@]23CN1C(=O)[C@H](C(C)(C)C)NC(=O)[C@@H](NC(=O)[C@@H]1CCCCN1C(C)C)C1CCCC(C1)C2(C)C31CCC1)C(=O)NS(=O)(=O)N(CC)C(C)C. The first-order chi connectivity index (χ1) is 28.1. The van der Waals surface area contributed by atoms with Crippen LogP contribution < -0.4 is 20.7 Å². The van der Waals surface area contributed by atoms with Gasteiger partial charge in [-0.3, -0.25) is 28.9 Å². The number of carbonyl (C=O) groups excluding carboxylic acids is 5. The van der Waals surface area contributed by atoms with Crippen molar-refractivity contribution in [1.82, 2.24) is 34.8 Å². The van der Waals surface area contributed by atoms with Gasteiger partial charge in [-0.1, -0.05) is 60.0 Å². The molecular formula is C45H73N7O7S. The Morgan fingerprint density at radius 3 is 2.23 bits per heavy atom. The molecule has 15 heteroatoms. The molecule has 0 aromatic heterocycles. The summed E-state index contributed by atoms with van der Waals surface area (Å²) in [6.45, 7) is 22.7. The Bertz CT molecular complexity index is 1880.